The van der Waals surface area contributed by atoms with Crippen LogP contribution in [0, 0.1) is 10.1 Å². The molecular weight excluding hydrogens is 276 g/mol. The van der Waals surface area contributed by atoms with E-state index in [4.69, 9.17) is 9.84 Å². The first-order valence-corrected chi connectivity index (χ1v) is 6.12. The number of nitro groups is 1. The van der Waals surface area contributed by atoms with Gasteiger partial charge in [0.15, 0.2) is 0 Å². The SMILES string of the molecule is O=C(O)c1cc([N+](=O)[O-])ccc1OCCc1ccccn1. The van der Waals surface area contributed by atoms with Crippen LogP contribution in [0.4, 0.5) is 5.69 Å². The molecule has 0 atom stereocenters. The van der Waals surface area contributed by atoms with Crippen molar-refractivity contribution in [2.45, 2.75) is 6.42 Å². The van der Waals surface area contributed by atoms with E-state index in [9.17, 15) is 14.9 Å². The van der Waals surface area contributed by atoms with Gasteiger partial charge in [0.05, 0.1) is 11.5 Å². The molecule has 0 fully saturated rings. The average molecular weight is 288 g/mol. The normalized spacial score (nSPS) is 10.1. The predicted molar refractivity (Wildman–Crippen MR) is 73.5 cm³/mol. The van der Waals surface area contributed by atoms with Gasteiger partial charge in [-0.3, -0.25) is 15.1 Å². The molecule has 1 aromatic heterocycles. The van der Waals surface area contributed by atoms with Crippen molar-refractivity contribution in [1.82, 2.24) is 4.98 Å². The first-order chi connectivity index (χ1) is 10.1. The lowest BCUT2D eigenvalue weighted by molar-refractivity contribution is -0.384. The van der Waals surface area contributed by atoms with Gasteiger partial charge in [-0.1, -0.05) is 6.07 Å². The Balaban J connectivity index is 2.09. The number of hydrogen-bond acceptors (Lipinski definition) is 5. The molecule has 0 aliphatic rings. The van der Waals surface area contributed by atoms with Crippen LogP contribution in [0.2, 0.25) is 0 Å². The van der Waals surface area contributed by atoms with Crippen LogP contribution < -0.4 is 4.74 Å². The fourth-order valence-electron chi connectivity index (χ4n) is 1.74. The van der Waals surface area contributed by atoms with Crippen LogP contribution in [0.1, 0.15) is 16.1 Å². The van der Waals surface area contributed by atoms with Crippen LogP contribution >= 0.6 is 0 Å². The zero-order chi connectivity index (χ0) is 15.2. The summed E-state index contributed by atoms with van der Waals surface area (Å²) in [4.78, 5) is 25.2. The highest BCUT2D eigenvalue weighted by atomic mass is 16.6. The number of nitrogens with zero attached hydrogens (tertiary/aromatic N) is 2. The second-order valence-electron chi connectivity index (χ2n) is 4.16. The van der Waals surface area contributed by atoms with Crippen LogP contribution in [0.25, 0.3) is 0 Å². The molecule has 1 N–H and O–H groups in total. The minimum atomic E-state index is -1.27. The molecule has 0 aliphatic heterocycles. The molecule has 2 rings (SSSR count). The number of rotatable bonds is 6. The fraction of sp³-hybridized carbons (Fsp3) is 0.143. The van der Waals surface area contributed by atoms with E-state index in [1.54, 1.807) is 12.3 Å². The zero-order valence-corrected chi connectivity index (χ0v) is 10.9. The number of carbonyl (C=O) groups is 1. The van der Waals surface area contributed by atoms with Crippen LogP contribution in [0.3, 0.4) is 0 Å². The number of hydrogen-bond donors (Lipinski definition) is 1. The van der Waals surface area contributed by atoms with Crippen molar-refractivity contribution in [1.29, 1.82) is 0 Å². The van der Waals surface area contributed by atoms with Gasteiger partial charge >= 0.3 is 5.97 Å². The molecule has 108 valence electrons. The molecular formula is C14H12N2O5. The van der Waals surface area contributed by atoms with Gasteiger partial charge in [-0.2, -0.15) is 0 Å². The van der Waals surface area contributed by atoms with Gasteiger partial charge in [-0.15, -0.1) is 0 Å². The topological polar surface area (TPSA) is 103 Å². The van der Waals surface area contributed by atoms with Crippen molar-refractivity contribution in [3.8, 4) is 5.75 Å². The van der Waals surface area contributed by atoms with E-state index in [2.05, 4.69) is 4.98 Å². The summed E-state index contributed by atoms with van der Waals surface area (Å²) in [6.45, 7) is 0.231. The maximum absolute atomic E-state index is 11.1. The van der Waals surface area contributed by atoms with Gasteiger partial charge in [0, 0.05) is 30.4 Å². The highest BCUT2D eigenvalue weighted by Crippen LogP contribution is 2.24. The third-order valence-corrected chi connectivity index (χ3v) is 2.75. The molecule has 0 saturated carbocycles. The average Bonchev–Trinajstić information content (AvgIpc) is 2.48. The van der Waals surface area contributed by atoms with Crippen molar-refractivity contribution < 1.29 is 19.6 Å². The van der Waals surface area contributed by atoms with Crippen LogP contribution in [0.5, 0.6) is 5.75 Å². The summed E-state index contributed by atoms with van der Waals surface area (Å²) in [5.41, 5.74) is 0.297. The molecule has 0 unspecified atom stereocenters. The Morgan fingerprint density at radius 1 is 1.33 bits per heavy atom. The van der Waals surface area contributed by atoms with E-state index in [1.165, 1.54) is 12.1 Å². The maximum Gasteiger partial charge on any atom is 0.339 e. The molecule has 1 heterocycles. The standard InChI is InChI=1S/C14H12N2O5/c17-14(18)12-9-11(16(19)20)4-5-13(12)21-8-6-10-3-1-2-7-15-10/h1-5,7,9H,6,8H2,(H,17,18). The Morgan fingerprint density at radius 3 is 2.76 bits per heavy atom. The smallest absolute Gasteiger partial charge is 0.339 e. The fourth-order valence-corrected chi connectivity index (χ4v) is 1.74. The lowest BCUT2D eigenvalue weighted by atomic mass is 10.2. The second kappa shape index (κ2) is 6.47. The van der Waals surface area contributed by atoms with Crippen LogP contribution in [-0.2, 0) is 6.42 Å². The van der Waals surface area contributed by atoms with Crippen molar-refractivity contribution in [2.24, 2.45) is 0 Å². The number of carboxylic acid groups (broad SMARTS) is 1. The Kier molecular flexibility index (Phi) is 4.45. The first-order valence-electron chi connectivity index (χ1n) is 6.12. The Morgan fingerprint density at radius 2 is 2.14 bits per heavy atom. The summed E-state index contributed by atoms with van der Waals surface area (Å²) in [7, 11) is 0. The third kappa shape index (κ3) is 3.75. The summed E-state index contributed by atoms with van der Waals surface area (Å²) in [5, 5.41) is 19.7. The number of carboxylic acids is 1. The molecule has 0 spiro atoms. The van der Waals surface area contributed by atoms with Gasteiger partial charge < -0.3 is 9.84 Å². The molecule has 0 aliphatic carbocycles. The van der Waals surface area contributed by atoms with Gasteiger partial charge in [-0.05, 0) is 18.2 Å². The Labute approximate surface area is 120 Å². The van der Waals surface area contributed by atoms with Gasteiger partial charge in [-0.25, -0.2) is 4.79 Å². The van der Waals surface area contributed by atoms with Crippen molar-refractivity contribution in [3.63, 3.8) is 0 Å². The molecule has 0 radical (unpaired) electrons. The maximum atomic E-state index is 11.1. The largest absolute Gasteiger partial charge is 0.492 e. The predicted octanol–water partition coefficient (Wildman–Crippen LogP) is 2.31. The van der Waals surface area contributed by atoms with Gasteiger partial charge in [0.2, 0.25) is 0 Å². The minimum Gasteiger partial charge on any atom is -0.492 e. The highest BCUT2D eigenvalue weighted by Gasteiger charge is 2.17. The molecule has 7 heteroatoms. The Hall–Kier alpha value is -2.96. The molecule has 0 bridgehead atoms. The number of ether oxygens (including phenoxy) is 1. The van der Waals surface area contributed by atoms with Crippen molar-refractivity contribution in [2.75, 3.05) is 6.61 Å². The quantitative estimate of drug-likeness (QED) is 0.646. The second-order valence-corrected chi connectivity index (χ2v) is 4.16. The van der Waals surface area contributed by atoms with E-state index in [0.717, 1.165) is 11.8 Å². The van der Waals surface area contributed by atoms with E-state index in [-0.39, 0.29) is 23.6 Å². The molecule has 21 heavy (non-hydrogen) atoms. The summed E-state index contributed by atoms with van der Waals surface area (Å²) in [5.74, 6) is -1.17. The third-order valence-electron chi connectivity index (χ3n) is 2.75. The van der Waals surface area contributed by atoms with Crippen molar-refractivity contribution >= 4 is 11.7 Å². The van der Waals surface area contributed by atoms with Crippen LogP contribution in [-0.4, -0.2) is 27.6 Å². The number of pyridine rings is 1. The van der Waals surface area contributed by atoms with E-state index < -0.39 is 10.9 Å². The van der Waals surface area contributed by atoms with Gasteiger partial charge in [0.25, 0.3) is 5.69 Å². The number of aromatic nitrogens is 1. The zero-order valence-electron chi connectivity index (χ0n) is 10.9. The molecule has 7 nitrogen and oxygen atoms in total. The lowest BCUT2D eigenvalue weighted by Crippen LogP contribution is -2.07. The molecule has 0 amide bonds. The summed E-state index contributed by atoms with van der Waals surface area (Å²) in [6, 6.07) is 8.96. The minimum absolute atomic E-state index is 0.101. The monoisotopic (exact) mass is 288 g/mol. The van der Waals surface area contributed by atoms with E-state index in [0.29, 0.717) is 6.42 Å². The molecule has 2 aromatic rings. The van der Waals surface area contributed by atoms with Gasteiger partial charge in [0.1, 0.15) is 11.3 Å². The van der Waals surface area contributed by atoms with Crippen LogP contribution in [0.15, 0.2) is 42.6 Å². The summed E-state index contributed by atoms with van der Waals surface area (Å²) >= 11 is 0. The Bertz CT molecular complexity index is 658. The lowest BCUT2D eigenvalue weighted by Gasteiger charge is -2.08. The van der Waals surface area contributed by atoms with Crippen molar-refractivity contribution in [3.05, 3.63) is 64.0 Å². The summed E-state index contributed by atoms with van der Waals surface area (Å²) in [6.07, 6.45) is 2.17. The molecule has 0 saturated heterocycles. The first kappa shape index (κ1) is 14.4. The summed E-state index contributed by atoms with van der Waals surface area (Å²) < 4.78 is 5.39. The highest BCUT2D eigenvalue weighted by molar-refractivity contribution is 5.91. The van der Waals surface area contributed by atoms with E-state index in [1.807, 2.05) is 12.1 Å². The molecule has 1 aromatic carbocycles. The number of non-ortho nitro benzene ring substituents is 1. The number of benzene rings is 1. The van der Waals surface area contributed by atoms with E-state index >= 15 is 0 Å². The number of aromatic carboxylic acids is 1. The number of nitro benzene ring substituents is 1.